The molecule has 0 spiro atoms. The van der Waals surface area contributed by atoms with Crippen molar-refractivity contribution in [1.82, 2.24) is 0 Å². The number of halogens is 3. The van der Waals surface area contributed by atoms with Gasteiger partial charge in [0.15, 0.2) is 0 Å². The molecule has 3 nitrogen and oxygen atoms in total. The van der Waals surface area contributed by atoms with Gasteiger partial charge in [-0.1, -0.05) is 29.8 Å². The highest BCUT2D eigenvalue weighted by Crippen LogP contribution is 2.38. The molecule has 0 saturated heterocycles. The summed E-state index contributed by atoms with van der Waals surface area (Å²) in [5, 5.41) is 8.78. The predicted octanol–water partition coefficient (Wildman–Crippen LogP) is 2.23. The van der Waals surface area contributed by atoms with Crippen LogP contribution in [0, 0.1) is 0 Å². The fourth-order valence-electron chi connectivity index (χ4n) is 1.32. The van der Waals surface area contributed by atoms with E-state index in [2.05, 4.69) is 0 Å². The van der Waals surface area contributed by atoms with Gasteiger partial charge in [-0.05, 0) is 6.07 Å². The number of hydrogen-bond acceptors (Lipinski definition) is 2. The van der Waals surface area contributed by atoms with Gasteiger partial charge in [0.1, 0.15) is 0 Å². The van der Waals surface area contributed by atoms with E-state index in [9.17, 15) is 13.6 Å². The van der Waals surface area contributed by atoms with Crippen LogP contribution >= 0.6 is 11.6 Å². The molecule has 1 aromatic carbocycles. The monoisotopic (exact) mass is 249 g/mol. The van der Waals surface area contributed by atoms with Gasteiger partial charge in [0.25, 0.3) is 5.92 Å². The standard InChI is InChI=1S/C10H10ClF2NO2/c1-9(12,13)10(14,8(15)16)6-4-2-3-5-7(6)11/h2-5H,14H2,1H3,(H,15,16). The molecule has 0 heterocycles. The van der Waals surface area contributed by atoms with Crippen LogP contribution in [0.15, 0.2) is 24.3 Å². The van der Waals surface area contributed by atoms with E-state index in [0.29, 0.717) is 6.92 Å². The number of carbonyl (C=O) groups is 1. The lowest BCUT2D eigenvalue weighted by Gasteiger charge is -2.31. The van der Waals surface area contributed by atoms with E-state index in [4.69, 9.17) is 22.4 Å². The second kappa shape index (κ2) is 3.99. The summed E-state index contributed by atoms with van der Waals surface area (Å²) in [5.74, 6) is -5.46. The third-order valence-corrected chi connectivity index (χ3v) is 2.66. The van der Waals surface area contributed by atoms with Gasteiger partial charge in [-0.15, -0.1) is 0 Å². The van der Waals surface area contributed by atoms with Gasteiger partial charge >= 0.3 is 5.97 Å². The van der Waals surface area contributed by atoms with Crippen LogP contribution < -0.4 is 5.73 Å². The smallest absolute Gasteiger partial charge is 0.334 e. The SMILES string of the molecule is CC(F)(F)C(N)(C(=O)O)c1ccccc1Cl. The van der Waals surface area contributed by atoms with E-state index < -0.39 is 17.4 Å². The van der Waals surface area contributed by atoms with E-state index in [1.807, 2.05) is 0 Å². The molecule has 1 rings (SSSR count). The summed E-state index contributed by atoms with van der Waals surface area (Å²) in [6.07, 6.45) is 0. The minimum absolute atomic E-state index is 0.103. The van der Waals surface area contributed by atoms with Gasteiger partial charge < -0.3 is 10.8 Å². The van der Waals surface area contributed by atoms with Crippen molar-refractivity contribution in [3.8, 4) is 0 Å². The highest BCUT2D eigenvalue weighted by molar-refractivity contribution is 6.31. The highest BCUT2D eigenvalue weighted by Gasteiger charge is 2.55. The molecule has 1 aromatic rings. The molecule has 1 atom stereocenters. The number of rotatable bonds is 3. The number of hydrogen-bond donors (Lipinski definition) is 2. The Balaban J connectivity index is 3.46. The Bertz CT molecular complexity index is 420. The van der Waals surface area contributed by atoms with Crippen molar-refractivity contribution in [2.24, 2.45) is 5.73 Å². The summed E-state index contributed by atoms with van der Waals surface area (Å²) in [4.78, 5) is 11.0. The van der Waals surface area contributed by atoms with E-state index in [-0.39, 0.29) is 10.6 Å². The molecule has 0 amide bonds. The summed E-state index contributed by atoms with van der Waals surface area (Å²) in [6.45, 7) is 0.449. The fraction of sp³-hybridized carbons (Fsp3) is 0.300. The van der Waals surface area contributed by atoms with Gasteiger partial charge in [0.05, 0.1) is 0 Å². The number of benzene rings is 1. The lowest BCUT2D eigenvalue weighted by molar-refractivity contribution is -0.160. The average Bonchev–Trinajstić information content (AvgIpc) is 2.15. The highest BCUT2D eigenvalue weighted by atomic mass is 35.5. The average molecular weight is 250 g/mol. The Morgan fingerprint density at radius 2 is 1.94 bits per heavy atom. The third-order valence-electron chi connectivity index (χ3n) is 2.33. The van der Waals surface area contributed by atoms with Gasteiger partial charge in [-0.25, -0.2) is 13.6 Å². The molecule has 0 aliphatic rings. The van der Waals surface area contributed by atoms with Crippen molar-refractivity contribution in [1.29, 1.82) is 0 Å². The lowest BCUT2D eigenvalue weighted by atomic mass is 9.85. The Morgan fingerprint density at radius 3 is 2.31 bits per heavy atom. The molecule has 0 aliphatic heterocycles. The number of aliphatic carboxylic acids is 1. The first-order valence-electron chi connectivity index (χ1n) is 4.36. The van der Waals surface area contributed by atoms with Crippen LogP contribution in [0.3, 0.4) is 0 Å². The summed E-state index contributed by atoms with van der Waals surface area (Å²) in [6, 6.07) is 5.39. The summed E-state index contributed by atoms with van der Waals surface area (Å²) in [5.41, 5.74) is 2.17. The number of nitrogens with two attached hydrogens (primary N) is 1. The zero-order chi connectivity index (χ0) is 12.6. The van der Waals surface area contributed by atoms with Crippen LogP contribution in [0.2, 0.25) is 5.02 Å². The van der Waals surface area contributed by atoms with Crippen LogP contribution in [-0.2, 0) is 10.3 Å². The zero-order valence-electron chi connectivity index (χ0n) is 8.38. The van der Waals surface area contributed by atoms with Gasteiger partial charge in [-0.3, -0.25) is 0 Å². The number of carboxylic acids is 1. The first-order valence-corrected chi connectivity index (χ1v) is 4.74. The molecule has 0 saturated carbocycles. The van der Waals surface area contributed by atoms with Crippen LogP contribution in [-0.4, -0.2) is 17.0 Å². The van der Waals surface area contributed by atoms with E-state index in [1.165, 1.54) is 24.3 Å². The normalized spacial score (nSPS) is 15.6. The second-order valence-corrected chi connectivity index (χ2v) is 3.89. The Morgan fingerprint density at radius 1 is 1.44 bits per heavy atom. The van der Waals surface area contributed by atoms with Crippen molar-refractivity contribution in [2.45, 2.75) is 18.4 Å². The molecule has 0 aliphatic carbocycles. The molecule has 0 radical (unpaired) electrons. The minimum Gasteiger partial charge on any atom is -0.479 e. The molecule has 88 valence electrons. The fourth-order valence-corrected chi connectivity index (χ4v) is 1.61. The van der Waals surface area contributed by atoms with Crippen molar-refractivity contribution in [3.05, 3.63) is 34.9 Å². The predicted molar refractivity (Wildman–Crippen MR) is 55.6 cm³/mol. The van der Waals surface area contributed by atoms with Crippen LogP contribution in [0.5, 0.6) is 0 Å². The van der Waals surface area contributed by atoms with Crippen molar-refractivity contribution in [2.75, 3.05) is 0 Å². The molecule has 0 bridgehead atoms. The topological polar surface area (TPSA) is 63.3 Å². The van der Waals surface area contributed by atoms with Crippen molar-refractivity contribution in [3.63, 3.8) is 0 Å². The Hall–Kier alpha value is -1.20. The second-order valence-electron chi connectivity index (χ2n) is 3.48. The Labute approximate surface area is 95.8 Å². The molecular weight excluding hydrogens is 240 g/mol. The molecule has 0 fully saturated rings. The first-order chi connectivity index (χ1) is 7.21. The van der Waals surface area contributed by atoms with Crippen LogP contribution in [0.1, 0.15) is 12.5 Å². The number of carboxylic acid groups (broad SMARTS) is 1. The first kappa shape index (κ1) is 12.9. The van der Waals surface area contributed by atoms with E-state index in [0.717, 1.165) is 0 Å². The maximum Gasteiger partial charge on any atom is 0.334 e. The molecular formula is C10H10ClF2NO2. The molecule has 1 unspecified atom stereocenters. The lowest BCUT2D eigenvalue weighted by Crippen LogP contribution is -2.57. The maximum atomic E-state index is 13.3. The number of alkyl halides is 2. The maximum absolute atomic E-state index is 13.3. The molecule has 6 heteroatoms. The zero-order valence-corrected chi connectivity index (χ0v) is 9.13. The Kier molecular flexibility index (Phi) is 3.21. The van der Waals surface area contributed by atoms with E-state index in [1.54, 1.807) is 0 Å². The molecule has 0 aromatic heterocycles. The third kappa shape index (κ3) is 1.88. The van der Waals surface area contributed by atoms with Crippen LogP contribution in [0.4, 0.5) is 8.78 Å². The molecule has 16 heavy (non-hydrogen) atoms. The largest absolute Gasteiger partial charge is 0.479 e. The minimum atomic E-state index is -3.64. The van der Waals surface area contributed by atoms with Crippen molar-refractivity contribution < 1.29 is 18.7 Å². The van der Waals surface area contributed by atoms with E-state index >= 15 is 0 Å². The summed E-state index contributed by atoms with van der Waals surface area (Å²) < 4.78 is 26.6. The van der Waals surface area contributed by atoms with Gasteiger partial charge in [-0.2, -0.15) is 0 Å². The summed E-state index contributed by atoms with van der Waals surface area (Å²) >= 11 is 5.68. The van der Waals surface area contributed by atoms with Crippen molar-refractivity contribution >= 4 is 17.6 Å². The quantitative estimate of drug-likeness (QED) is 0.864. The van der Waals surface area contributed by atoms with Crippen LogP contribution in [0.25, 0.3) is 0 Å². The summed E-state index contributed by atoms with van der Waals surface area (Å²) in [7, 11) is 0. The van der Waals surface area contributed by atoms with Gasteiger partial charge in [0.2, 0.25) is 5.54 Å². The molecule has 3 N–H and O–H groups in total. The van der Waals surface area contributed by atoms with Gasteiger partial charge in [0, 0.05) is 17.5 Å².